The van der Waals surface area contributed by atoms with Crippen molar-refractivity contribution in [2.75, 3.05) is 0 Å². The Labute approximate surface area is 160 Å². The number of hydrogen-bond donors (Lipinski definition) is 0. The second-order valence-corrected chi connectivity index (χ2v) is 7.90. The Bertz CT molecular complexity index is 971. The quantitative estimate of drug-likeness (QED) is 0.472. The first-order valence-corrected chi connectivity index (χ1v) is 10.1. The molecule has 0 N–H and O–H groups in total. The molecule has 2 heteroatoms. The number of benzene rings is 3. The lowest BCUT2D eigenvalue weighted by Gasteiger charge is -2.08. The van der Waals surface area contributed by atoms with Crippen LogP contribution in [0.3, 0.4) is 0 Å². The molecule has 0 unspecified atom stereocenters. The van der Waals surface area contributed by atoms with Gasteiger partial charge in [0.2, 0.25) is 0 Å². The van der Waals surface area contributed by atoms with Gasteiger partial charge in [-0.25, -0.2) is 0 Å². The minimum atomic E-state index is 1.03. The van der Waals surface area contributed by atoms with Gasteiger partial charge in [-0.05, 0) is 49.1 Å². The topological polar surface area (TPSA) is 12.4 Å². The maximum atomic E-state index is 5.12. The van der Waals surface area contributed by atoms with Crippen molar-refractivity contribution in [1.82, 2.24) is 0 Å². The van der Waals surface area contributed by atoms with Crippen LogP contribution in [0, 0.1) is 6.92 Å². The molecule has 1 heterocycles. The first kappa shape index (κ1) is 17.1. The molecule has 0 amide bonds. The zero-order valence-electron chi connectivity index (χ0n) is 15.3. The number of nitrogens with zero attached hydrogens (tertiary/aromatic N) is 1. The second kappa shape index (κ2) is 7.51. The average molecular weight is 358 g/mol. The molecule has 0 atom stereocenters. The van der Waals surface area contributed by atoms with E-state index in [1.807, 2.05) is 11.8 Å². The number of aryl methyl sites for hydroxylation is 1. The molecule has 0 saturated carbocycles. The molecular formula is C24H23NS. The fraction of sp³-hybridized carbons (Fsp3) is 0.208. The zero-order chi connectivity index (χ0) is 17.9. The average Bonchev–Trinajstić information content (AvgIpc) is 2.82. The van der Waals surface area contributed by atoms with Crippen LogP contribution in [-0.2, 0) is 0 Å². The summed E-state index contributed by atoms with van der Waals surface area (Å²) < 4.78 is 0. The van der Waals surface area contributed by atoms with Gasteiger partial charge in [-0.1, -0.05) is 79.2 Å². The van der Waals surface area contributed by atoms with Gasteiger partial charge in [0, 0.05) is 21.1 Å². The number of fused-ring (bicyclic) bond motifs is 2. The normalized spacial score (nSPS) is 12.8. The molecule has 130 valence electrons. The van der Waals surface area contributed by atoms with E-state index < -0.39 is 0 Å². The van der Waals surface area contributed by atoms with Gasteiger partial charge >= 0.3 is 0 Å². The van der Waals surface area contributed by atoms with Crippen LogP contribution in [0.1, 0.15) is 37.3 Å². The van der Waals surface area contributed by atoms with Crippen LogP contribution in [0.25, 0.3) is 11.1 Å². The predicted octanol–water partition coefficient (Wildman–Crippen LogP) is 7.44. The standard InChI is InChI=1S/C24H23NS/c1-3-4-11-21-20-10-5-6-12-23(20)26-24-14-13-19(16-22(24)25-21)18-9-7-8-17(2)15-18/h5-10,12-16H,3-4,11H2,1-2H3. The Morgan fingerprint density at radius 3 is 2.54 bits per heavy atom. The number of hydrogen-bond acceptors (Lipinski definition) is 2. The molecule has 0 aromatic heterocycles. The van der Waals surface area contributed by atoms with E-state index in [2.05, 4.69) is 80.6 Å². The molecule has 3 aromatic rings. The Kier molecular flexibility index (Phi) is 4.94. The third-order valence-electron chi connectivity index (χ3n) is 4.75. The van der Waals surface area contributed by atoms with Crippen molar-refractivity contribution in [2.24, 2.45) is 4.99 Å². The Hall–Kier alpha value is -2.32. The molecule has 3 aromatic carbocycles. The van der Waals surface area contributed by atoms with E-state index in [-0.39, 0.29) is 0 Å². The Morgan fingerprint density at radius 1 is 0.846 bits per heavy atom. The third kappa shape index (κ3) is 3.47. The highest BCUT2D eigenvalue weighted by molar-refractivity contribution is 7.99. The minimum absolute atomic E-state index is 1.03. The van der Waals surface area contributed by atoms with Gasteiger partial charge in [-0.15, -0.1) is 0 Å². The van der Waals surface area contributed by atoms with Crippen LogP contribution in [0.15, 0.2) is 81.5 Å². The summed E-state index contributed by atoms with van der Waals surface area (Å²) in [5.41, 5.74) is 7.37. The van der Waals surface area contributed by atoms with Crippen LogP contribution in [0.2, 0.25) is 0 Å². The molecule has 1 nitrogen and oxygen atoms in total. The minimum Gasteiger partial charge on any atom is -0.252 e. The van der Waals surface area contributed by atoms with Crippen molar-refractivity contribution >= 4 is 23.2 Å². The van der Waals surface area contributed by atoms with Gasteiger partial charge < -0.3 is 0 Å². The van der Waals surface area contributed by atoms with Crippen LogP contribution < -0.4 is 0 Å². The summed E-state index contributed by atoms with van der Waals surface area (Å²) in [6.45, 7) is 4.38. The molecule has 0 aliphatic carbocycles. The predicted molar refractivity (Wildman–Crippen MR) is 113 cm³/mol. The van der Waals surface area contributed by atoms with Gasteiger partial charge in [0.15, 0.2) is 0 Å². The van der Waals surface area contributed by atoms with Crippen molar-refractivity contribution in [3.8, 4) is 11.1 Å². The molecule has 1 aliphatic rings. The molecule has 0 fully saturated rings. The fourth-order valence-corrected chi connectivity index (χ4v) is 4.37. The van der Waals surface area contributed by atoms with Crippen molar-refractivity contribution in [2.45, 2.75) is 42.9 Å². The van der Waals surface area contributed by atoms with E-state index in [1.165, 1.54) is 50.6 Å². The van der Waals surface area contributed by atoms with Crippen LogP contribution in [-0.4, -0.2) is 5.71 Å². The number of unbranched alkanes of at least 4 members (excludes halogenated alkanes) is 1. The summed E-state index contributed by atoms with van der Waals surface area (Å²) in [6, 6.07) is 24.0. The van der Waals surface area contributed by atoms with E-state index in [0.29, 0.717) is 0 Å². The molecule has 0 radical (unpaired) electrons. The lowest BCUT2D eigenvalue weighted by Crippen LogP contribution is -2.01. The zero-order valence-corrected chi connectivity index (χ0v) is 16.1. The van der Waals surface area contributed by atoms with Gasteiger partial charge in [0.1, 0.15) is 0 Å². The molecule has 0 spiro atoms. The smallest absolute Gasteiger partial charge is 0.0778 e. The SMILES string of the molecule is CCCCC1=Nc2cc(-c3cccc(C)c3)ccc2Sc2ccccc21. The Balaban J connectivity index is 1.82. The largest absolute Gasteiger partial charge is 0.252 e. The van der Waals surface area contributed by atoms with E-state index in [4.69, 9.17) is 4.99 Å². The molecule has 26 heavy (non-hydrogen) atoms. The van der Waals surface area contributed by atoms with E-state index in [0.717, 1.165) is 12.1 Å². The summed E-state index contributed by atoms with van der Waals surface area (Å²) in [7, 11) is 0. The van der Waals surface area contributed by atoms with Crippen LogP contribution in [0.5, 0.6) is 0 Å². The highest BCUT2D eigenvalue weighted by Crippen LogP contribution is 2.42. The highest BCUT2D eigenvalue weighted by Gasteiger charge is 2.17. The van der Waals surface area contributed by atoms with Crippen LogP contribution >= 0.6 is 11.8 Å². The first-order chi connectivity index (χ1) is 12.7. The lowest BCUT2D eigenvalue weighted by molar-refractivity contribution is 0.834. The van der Waals surface area contributed by atoms with E-state index in [1.54, 1.807) is 0 Å². The highest BCUT2D eigenvalue weighted by atomic mass is 32.2. The molecule has 4 rings (SSSR count). The van der Waals surface area contributed by atoms with Gasteiger partial charge in [0.05, 0.1) is 5.69 Å². The first-order valence-electron chi connectivity index (χ1n) is 9.30. The maximum Gasteiger partial charge on any atom is 0.0778 e. The summed E-state index contributed by atoms with van der Waals surface area (Å²) in [5.74, 6) is 0. The van der Waals surface area contributed by atoms with Crippen molar-refractivity contribution < 1.29 is 0 Å². The summed E-state index contributed by atoms with van der Waals surface area (Å²) in [5, 5.41) is 0. The van der Waals surface area contributed by atoms with Gasteiger partial charge in [0.25, 0.3) is 0 Å². The van der Waals surface area contributed by atoms with Crippen molar-refractivity contribution in [1.29, 1.82) is 0 Å². The number of rotatable bonds is 4. The summed E-state index contributed by atoms with van der Waals surface area (Å²) >= 11 is 1.83. The monoisotopic (exact) mass is 357 g/mol. The second-order valence-electron chi connectivity index (χ2n) is 6.81. The maximum absolute atomic E-state index is 5.12. The Morgan fingerprint density at radius 2 is 1.69 bits per heavy atom. The van der Waals surface area contributed by atoms with Gasteiger partial charge in [-0.2, -0.15) is 0 Å². The number of aliphatic imine (C=N–C) groups is 1. The lowest BCUT2D eigenvalue weighted by atomic mass is 10.0. The summed E-state index contributed by atoms with van der Waals surface area (Å²) in [4.78, 5) is 7.67. The molecule has 1 aliphatic heterocycles. The molecule has 0 saturated heterocycles. The van der Waals surface area contributed by atoms with Crippen molar-refractivity contribution in [3.63, 3.8) is 0 Å². The van der Waals surface area contributed by atoms with Gasteiger partial charge in [-0.3, -0.25) is 4.99 Å². The van der Waals surface area contributed by atoms with Crippen LogP contribution in [0.4, 0.5) is 5.69 Å². The van der Waals surface area contributed by atoms with Crippen molar-refractivity contribution in [3.05, 3.63) is 77.9 Å². The molecular weight excluding hydrogens is 334 g/mol. The fourth-order valence-electron chi connectivity index (χ4n) is 3.35. The molecule has 0 bridgehead atoms. The summed E-state index contributed by atoms with van der Waals surface area (Å²) in [6.07, 6.45) is 3.39. The third-order valence-corrected chi connectivity index (χ3v) is 5.89. The van der Waals surface area contributed by atoms with E-state index in [9.17, 15) is 0 Å². The van der Waals surface area contributed by atoms with E-state index >= 15 is 0 Å².